The second kappa shape index (κ2) is 8.02. The number of halogens is 2. The van der Waals surface area contributed by atoms with Crippen molar-refractivity contribution in [1.82, 2.24) is 10.3 Å². The molecule has 4 N–H and O–H groups in total. The molecular weight excluding hydrogens is 489 g/mol. The number of hydrogen-bond donors (Lipinski definition) is 3. The van der Waals surface area contributed by atoms with Crippen LogP contribution >= 0.6 is 34.2 Å². The number of nitrogens with two attached hydrogens (primary N) is 1. The normalized spacial score (nSPS) is 14.1. The SMILES string of the molecule is COc1cccc(CNC(C)(C)C(N)(I)c2ccnc3cc(Cl)ccc23)c1O. The third-order valence-corrected chi connectivity index (χ3v) is 7.19. The van der Waals surface area contributed by atoms with Gasteiger partial charge in [-0.05, 0) is 43.7 Å². The van der Waals surface area contributed by atoms with Crippen molar-refractivity contribution in [3.8, 4) is 11.5 Å². The van der Waals surface area contributed by atoms with Crippen LogP contribution in [0.1, 0.15) is 25.0 Å². The van der Waals surface area contributed by atoms with E-state index in [9.17, 15) is 5.11 Å². The van der Waals surface area contributed by atoms with Crippen LogP contribution in [0.15, 0.2) is 48.7 Å². The number of rotatable bonds is 6. The molecule has 0 bridgehead atoms. The van der Waals surface area contributed by atoms with Crippen molar-refractivity contribution in [2.24, 2.45) is 5.73 Å². The van der Waals surface area contributed by atoms with Crippen LogP contribution in [0.2, 0.25) is 5.02 Å². The highest BCUT2D eigenvalue weighted by molar-refractivity contribution is 14.1. The van der Waals surface area contributed by atoms with E-state index < -0.39 is 9.08 Å². The number of methoxy groups -OCH3 is 1. The van der Waals surface area contributed by atoms with E-state index in [0.717, 1.165) is 22.0 Å². The minimum absolute atomic E-state index is 0.133. The van der Waals surface area contributed by atoms with Gasteiger partial charge in [0.1, 0.15) is 3.55 Å². The summed E-state index contributed by atoms with van der Waals surface area (Å²) in [6.07, 6.45) is 1.75. The molecule has 0 aliphatic heterocycles. The van der Waals surface area contributed by atoms with Gasteiger partial charge in [-0.3, -0.25) is 4.98 Å². The number of aromatic hydroxyl groups is 1. The molecule has 1 unspecified atom stereocenters. The molecule has 0 saturated heterocycles. The first-order valence-corrected chi connectivity index (χ1v) is 10.3. The number of phenolic OH excluding ortho intramolecular Hbond substituents is 1. The number of nitrogens with zero attached hydrogens (tertiary/aromatic N) is 1. The Morgan fingerprint density at radius 1 is 1.25 bits per heavy atom. The quantitative estimate of drug-likeness (QED) is 0.254. The summed E-state index contributed by atoms with van der Waals surface area (Å²) in [6, 6.07) is 13.0. The molecule has 0 aliphatic carbocycles. The Morgan fingerprint density at radius 2 is 2.00 bits per heavy atom. The van der Waals surface area contributed by atoms with Crippen molar-refractivity contribution < 1.29 is 9.84 Å². The second-order valence-electron chi connectivity index (χ2n) is 7.18. The van der Waals surface area contributed by atoms with Crippen LogP contribution in [-0.4, -0.2) is 22.7 Å². The van der Waals surface area contributed by atoms with Crippen LogP contribution in [0, 0.1) is 0 Å². The number of para-hydroxylation sites is 1. The third kappa shape index (κ3) is 3.91. The van der Waals surface area contributed by atoms with Crippen molar-refractivity contribution >= 4 is 45.1 Å². The summed E-state index contributed by atoms with van der Waals surface area (Å²) >= 11 is 8.39. The highest BCUT2D eigenvalue weighted by Gasteiger charge is 2.42. The predicted molar refractivity (Wildman–Crippen MR) is 122 cm³/mol. The van der Waals surface area contributed by atoms with Crippen LogP contribution in [0.4, 0.5) is 0 Å². The van der Waals surface area contributed by atoms with Gasteiger partial charge in [-0.25, -0.2) is 0 Å². The minimum Gasteiger partial charge on any atom is -0.504 e. The maximum atomic E-state index is 10.4. The summed E-state index contributed by atoms with van der Waals surface area (Å²) in [7, 11) is 1.53. The van der Waals surface area contributed by atoms with E-state index in [1.165, 1.54) is 7.11 Å². The topological polar surface area (TPSA) is 80.4 Å². The van der Waals surface area contributed by atoms with Crippen molar-refractivity contribution in [2.45, 2.75) is 29.5 Å². The highest BCUT2D eigenvalue weighted by atomic mass is 127. The standard InChI is InChI=1S/C21H23ClIN3O2/c1-20(2,26-12-13-5-4-6-18(28-3)19(13)27)21(23,24)16-9-10-25-17-11-14(22)7-8-15(16)17/h4-11,26-27H,12,24H2,1-3H3. The minimum atomic E-state index is -0.756. The molecule has 0 spiro atoms. The molecule has 1 aromatic heterocycles. The van der Waals surface area contributed by atoms with Gasteiger partial charge in [0.15, 0.2) is 11.5 Å². The summed E-state index contributed by atoms with van der Waals surface area (Å²) < 4.78 is 4.43. The van der Waals surface area contributed by atoms with E-state index in [2.05, 4.69) is 32.9 Å². The molecule has 0 aliphatic rings. The highest BCUT2D eigenvalue weighted by Crippen LogP contribution is 2.41. The number of aromatic nitrogens is 1. The van der Waals surface area contributed by atoms with Gasteiger partial charge >= 0.3 is 0 Å². The molecule has 0 amide bonds. The van der Waals surface area contributed by atoms with Crippen LogP contribution in [0.5, 0.6) is 11.5 Å². The number of pyridine rings is 1. The summed E-state index contributed by atoms with van der Waals surface area (Å²) in [5, 5.41) is 15.4. The zero-order chi connectivity index (χ0) is 20.5. The number of phenols is 1. The van der Waals surface area contributed by atoms with Crippen LogP contribution in [-0.2, 0) is 10.1 Å². The summed E-state index contributed by atoms with van der Waals surface area (Å²) in [4.78, 5) is 4.41. The van der Waals surface area contributed by atoms with Crippen LogP contribution < -0.4 is 15.8 Å². The predicted octanol–water partition coefficient (Wildman–Crippen LogP) is 4.72. The second-order valence-corrected chi connectivity index (χ2v) is 9.32. The van der Waals surface area contributed by atoms with Gasteiger partial charge in [-0.2, -0.15) is 0 Å². The fraction of sp³-hybridized carbons (Fsp3) is 0.286. The Balaban J connectivity index is 1.93. The Labute approximate surface area is 183 Å². The maximum absolute atomic E-state index is 10.4. The maximum Gasteiger partial charge on any atom is 0.162 e. The first-order valence-electron chi connectivity index (χ1n) is 8.80. The van der Waals surface area contributed by atoms with E-state index in [1.54, 1.807) is 12.3 Å². The molecule has 0 saturated carbocycles. The molecule has 3 rings (SSSR count). The number of hydrogen-bond acceptors (Lipinski definition) is 5. The number of fused-ring (bicyclic) bond motifs is 1. The molecule has 5 nitrogen and oxygen atoms in total. The van der Waals surface area contributed by atoms with E-state index >= 15 is 0 Å². The molecule has 1 heterocycles. The van der Waals surface area contributed by atoms with Gasteiger partial charge in [0.05, 0.1) is 12.6 Å². The van der Waals surface area contributed by atoms with Gasteiger partial charge in [-0.15, -0.1) is 0 Å². The summed E-state index contributed by atoms with van der Waals surface area (Å²) in [5.74, 6) is 0.580. The molecule has 2 aromatic carbocycles. The molecule has 0 fully saturated rings. The van der Waals surface area contributed by atoms with Gasteiger partial charge < -0.3 is 20.9 Å². The third-order valence-electron chi connectivity index (χ3n) is 5.03. The van der Waals surface area contributed by atoms with Crippen molar-refractivity contribution in [3.63, 3.8) is 0 Å². The molecule has 28 heavy (non-hydrogen) atoms. The molecule has 7 heteroatoms. The first kappa shape index (κ1) is 21.1. The fourth-order valence-corrected chi connectivity index (χ4v) is 3.92. The van der Waals surface area contributed by atoms with E-state index in [4.69, 9.17) is 22.1 Å². The Hall–Kier alpha value is -1.61. The largest absolute Gasteiger partial charge is 0.504 e. The monoisotopic (exact) mass is 511 g/mol. The van der Waals surface area contributed by atoms with E-state index in [-0.39, 0.29) is 5.75 Å². The molecule has 1 atom stereocenters. The fourth-order valence-electron chi connectivity index (χ4n) is 3.10. The molecule has 0 radical (unpaired) electrons. The lowest BCUT2D eigenvalue weighted by Crippen LogP contribution is -2.58. The van der Waals surface area contributed by atoms with Gasteiger partial charge in [-0.1, -0.05) is 52.4 Å². The van der Waals surface area contributed by atoms with Gasteiger partial charge in [0.2, 0.25) is 0 Å². The lowest BCUT2D eigenvalue weighted by molar-refractivity contribution is 0.304. The van der Waals surface area contributed by atoms with Gasteiger partial charge in [0, 0.05) is 34.3 Å². The lowest BCUT2D eigenvalue weighted by atomic mass is 9.87. The van der Waals surface area contributed by atoms with Gasteiger partial charge in [0.25, 0.3) is 0 Å². The van der Waals surface area contributed by atoms with Crippen molar-refractivity contribution in [2.75, 3.05) is 7.11 Å². The Kier molecular flexibility index (Phi) is 6.05. The zero-order valence-corrected chi connectivity index (χ0v) is 18.9. The van der Waals surface area contributed by atoms with Crippen molar-refractivity contribution in [3.05, 3.63) is 64.8 Å². The smallest absolute Gasteiger partial charge is 0.162 e. The Morgan fingerprint density at radius 3 is 2.71 bits per heavy atom. The Bertz CT molecular complexity index is 1010. The number of ether oxygens (including phenoxy) is 1. The van der Waals surface area contributed by atoms with Crippen molar-refractivity contribution in [1.29, 1.82) is 0 Å². The van der Waals surface area contributed by atoms with Crippen LogP contribution in [0.25, 0.3) is 10.9 Å². The average Bonchev–Trinajstić information content (AvgIpc) is 2.66. The van der Waals surface area contributed by atoms with Crippen LogP contribution in [0.3, 0.4) is 0 Å². The average molecular weight is 512 g/mol. The number of nitrogens with one attached hydrogen (secondary N) is 1. The lowest BCUT2D eigenvalue weighted by Gasteiger charge is -2.41. The number of alkyl halides is 1. The van der Waals surface area contributed by atoms with E-state index in [0.29, 0.717) is 17.3 Å². The molecule has 3 aromatic rings. The zero-order valence-electron chi connectivity index (χ0n) is 16.0. The molecule has 148 valence electrons. The van der Waals surface area contributed by atoms with E-state index in [1.807, 2.05) is 50.2 Å². The summed E-state index contributed by atoms with van der Waals surface area (Å²) in [6.45, 7) is 4.52. The first-order chi connectivity index (χ1) is 13.2. The number of benzene rings is 2. The summed E-state index contributed by atoms with van der Waals surface area (Å²) in [5.41, 5.74) is 8.84. The molecular formula is C21H23ClIN3O2.